The molecule has 0 amide bonds. The molecular weight excluding hydrogens is 204 g/mol. The van der Waals surface area contributed by atoms with Crippen LogP contribution in [0.4, 0.5) is 0 Å². The average molecular weight is 226 g/mol. The number of hydrogen-bond acceptors (Lipinski definition) is 3. The van der Waals surface area contributed by atoms with Crippen molar-refractivity contribution in [2.45, 2.75) is 53.1 Å². The van der Waals surface area contributed by atoms with Crippen LogP contribution in [0.5, 0.6) is 0 Å². The van der Waals surface area contributed by atoms with Crippen molar-refractivity contribution in [2.75, 3.05) is 0 Å². The van der Waals surface area contributed by atoms with Crippen LogP contribution in [-0.4, -0.2) is 17.9 Å². The van der Waals surface area contributed by atoms with Crippen molar-refractivity contribution in [1.82, 2.24) is 0 Å². The van der Waals surface area contributed by atoms with Gasteiger partial charge in [-0.15, -0.1) is 0 Å². The number of ether oxygens (including phenoxy) is 1. The Labute approximate surface area is 97.5 Å². The van der Waals surface area contributed by atoms with Crippen molar-refractivity contribution in [2.24, 2.45) is 17.8 Å². The third kappa shape index (κ3) is 3.32. The quantitative estimate of drug-likeness (QED) is 0.548. The molecule has 0 aromatic rings. The van der Waals surface area contributed by atoms with Gasteiger partial charge in [0.15, 0.2) is 0 Å². The highest BCUT2D eigenvalue weighted by Gasteiger charge is 2.33. The minimum absolute atomic E-state index is 0.0693. The molecule has 1 saturated carbocycles. The van der Waals surface area contributed by atoms with Crippen LogP contribution in [0, 0.1) is 17.8 Å². The van der Waals surface area contributed by atoms with Crippen molar-refractivity contribution in [1.29, 1.82) is 0 Å². The maximum atomic E-state index is 11.3. The number of carbonyl (C=O) groups is 2. The molecule has 1 rings (SSSR count). The van der Waals surface area contributed by atoms with E-state index in [0.717, 1.165) is 12.8 Å². The highest BCUT2D eigenvalue weighted by molar-refractivity contribution is 6.32. The highest BCUT2D eigenvalue weighted by atomic mass is 16.5. The number of Topliss-reactive ketones (excluding diaryl/α,β-unsaturated/α-hetero) is 1. The lowest BCUT2D eigenvalue weighted by atomic mass is 9.75. The zero-order chi connectivity index (χ0) is 12.3. The van der Waals surface area contributed by atoms with Crippen molar-refractivity contribution in [3.8, 4) is 0 Å². The second-order valence-corrected chi connectivity index (χ2v) is 5.33. The number of ketones is 1. The van der Waals surface area contributed by atoms with Crippen LogP contribution in [-0.2, 0) is 14.3 Å². The van der Waals surface area contributed by atoms with E-state index in [1.165, 1.54) is 13.3 Å². The van der Waals surface area contributed by atoms with Gasteiger partial charge in [-0.1, -0.05) is 27.2 Å². The Bertz CT molecular complexity index is 270. The lowest BCUT2D eigenvalue weighted by Gasteiger charge is -2.36. The zero-order valence-electron chi connectivity index (χ0n) is 10.7. The molecule has 0 radical (unpaired) electrons. The van der Waals surface area contributed by atoms with Gasteiger partial charge in [0.2, 0.25) is 5.78 Å². The van der Waals surface area contributed by atoms with Crippen molar-refractivity contribution in [3.63, 3.8) is 0 Å². The normalized spacial score (nSPS) is 30.2. The van der Waals surface area contributed by atoms with E-state index in [0.29, 0.717) is 17.8 Å². The fourth-order valence-corrected chi connectivity index (χ4v) is 2.47. The van der Waals surface area contributed by atoms with Gasteiger partial charge in [0.25, 0.3) is 0 Å². The molecule has 16 heavy (non-hydrogen) atoms. The van der Waals surface area contributed by atoms with E-state index in [-0.39, 0.29) is 6.10 Å². The van der Waals surface area contributed by atoms with Crippen molar-refractivity contribution >= 4 is 11.8 Å². The first kappa shape index (κ1) is 13.2. The van der Waals surface area contributed by atoms with Crippen LogP contribution in [0.15, 0.2) is 0 Å². The Morgan fingerprint density at radius 3 is 2.38 bits per heavy atom. The Morgan fingerprint density at radius 2 is 1.88 bits per heavy atom. The minimum Gasteiger partial charge on any atom is -0.456 e. The summed E-state index contributed by atoms with van der Waals surface area (Å²) in [4.78, 5) is 22.2. The molecule has 3 atom stereocenters. The molecule has 0 N–H and O–H groups in total. The molecule has 0 aromatic heterocycles. The molecular formula is C13H22O3. The third-order valence-electron chi connectivity index (χ3n) is 3.51. The monoisotopic (exact) mass is 226 g/mol. The van der Waals surface area contributed by atoms with Crippen LogP contribution in [0.1, 0.15) is 47.0 Å². The summed E-state index contributed by atoms with van der Waals surface area (Å²) in [6, 6.07) is 0. The summed E-state index contributed by atoms with van der Waals surface area (Å²) >= 11 is 0. The lowest BCUT2D eigenvalue weighted by Crippen LogP contribution is -2.37. The summed E-state index contributed by atoms with van der Waals surface area (Å²) in [5.41, 5.74) is 0. The van der Waals surface area contributed by atoms with E-state index in [1.807, 2.05) is 0 Å². The lowest BCUT2D eigenvalue weighted by molar-refractivity contribution is -0.162. The van der Waals surface area contributed by atoms with Gasteiger partial charge in [-0.3, -0.25) is 4.79 Å². The molecule has 3 heteroatoms. The average Bonchev–Trinajstić information content (AvgIpc) is 2.16. The summed E-state index contributed by atoms with van der Waals surface area (Å²) in [5.74, 6) is 0.307. The van der Waals surface area contributed by atoms with Crippen LogP contribution in [0.25, 0.3) is 0 Å². The minimum atomic E-state index is -0.676. The Balaban J connectivity index is 2.64. The fraction of sp³-hybridized carbons (Fsp3) is 0.846. The molecule has 1 aliphatic carbocycles. The predicted octanol–water partition coefficient (Wildman–Crippen LogP) is 2.58. The van der Waals surface area contributed by atoms with E-state index in [9.17, 15) is 9.59 Å². The maximum absolute atomic E-state index is 11.3. The van der Waals surface area contributed by atoms with Gasteiger partial charge in [0.05, 0.1) is 0 Å². The second-order valence-electron chi connectivity index (χ2n) is 5.33. The van der Waals surface area contributed by atoms with Crippen LogP contribution in [0.3, 0.4) is 0 Å². The zero-order valence-corrected chi connectivity index (χ0v) is 10.7. The smallest absolute Gasteiger partial charge is 0.374 e. The van der Waals surface area contributed by atoms with Gasteiger partial charge >= 0.3 is 5.97 Å². The third-order valence-corrected chi connectivity index (χ3v) is 3.51. The topological polar surface area (TPSA) is 43.4 Å². The number of rotatable bonds is 3. The second kappa shape index (κ2) is 5.46. The maximum Gasteiger partial charge on any atom is 0.374 e. The Kier molecular flexibility index (Phi) is 4.51. The van der Waals surface area contributed by atoms with E-state index < -0.39 is 11.8 Å². The summed E-state index contributed by atoms with van der Waals surface area (Å²) in [5, 5.41) is 0. The van der Waals surface area contributed by atoms with E-state index in [1.54, 1.807) is 0 Å². The van der Waals surface area contributed by atoms with Crippen LogP contribution >= 0.6 is 0 Å². The Hall–Kier alpha value is -0.860. The SMILES string of the molecule is CC(=O)C(=O)O[C@@H]1C[C@@H](C)CC[C@@H]1C(C)C. The Morgan fingerprint density at radius 1 is 1.25 bits per heavy atom. The summed E-state index contributed by atoms with van der Waals surface area (Å²) < 4.78 is 5.31. The van der Waals surface area contributed by atoms with Crippen molar-refractivity contribution in [3.05, 3.63) is 0 Å². The molecule has 0 heterocycles. The first-order valence-corrected chi connectivity index (χ1v) is 6.13. The van der Waals surface area contributed by atoms with Gasteiger partial charge in [-0.2, -0.15) is 0 Å². The predicted molar refractivity (Wildman–Crippen MR) is 61.9 cm³/mol. The molecule has 0 saturated heterocycles. The molecule has 3 nitrogen and oxygen atoms in total. The van der Waals surface area contributed by atoms with E-state index in [2.05, 4.69) is 20.8 Å². The molecule has 0 spiro atoms. The standard InChI is InChI=1S/C13H22O3/c1-8(2)11-6-5-9(3)7-12(11)16-13(15)10(4)14/h8-9,11-12H,5-7H2,1-4H3/t9-,11+,12+/m0/s1. The number of esters is 1. The summed E-state index contributed by atoms with van der Waals surface area (Å²) in [7, 11) is 0. The molecule has 0 aliphatic heterocycles. The van der Waals surface area contributed by atoms with E-state index >= 15 is 0 Å². The largest absolute Gasteiger partial charge is 0.456 e. The first-order valence-electron chi connectivity index (χ1n) is 6.13. The molecule has 1 fully saturated rings. The first-order chi connectivity index (χ1) is 7.41. The summed E-state index contributed by atoms with van der Waals surface area (Å²) in [6.45, 7) is 7.73. The van der Waals surface area contributed by atoms with E-state index in [4.69, 9.17) is 4.74 Å². The van der Waals surface area contributed by atoms with Gasteiger partial charge in [-0.25, -0.2) is 4.79 Å². The van der Waals surface area contributed by atoms with Gasteiger partial charge in [0, 0.05) is 6.92 Å². The highest BCUT2D eigenvalue weighted by Crippen LogP contribution is 2.35. The van der Waals surface area contributed by atoms with Gasteiger partial charge in [0.1, 0.15) is 6.10 Å². The van der Waals surface area contributed by atoms with Crippen LogP contribution in [0.2, 0.25) is 0 Å². The molecule has 0 aromatic carbocycles. The van der Waals surface area contributed by atoms with Gasteiger partial charge < -0.3 is 4.74 Å². The van der Waals surface area contributed by atoms with Crippen molar-refractivity contribution < 1.29 is 14.3 Å². The molecule has 0 unspecified atom stereocenters. The molecule has 0 bridgehead atoms. The number of carbonyl (C=O) groups excluding carboxylic acids is 2. The number of hydrogen-bond donors (Lipinski definition) is 0. The summed E-state index contributed by atoms with van der Waals surface area (Å²) in [6.07, 6.45) is 3.10. The van der Waals surface area contributed by atoms with Crippen LogP contribution < -0.4 is 0 Å². The fourth-order valence-electron chi connectivity index (χ4n) is 2.47. The van der Waals surface area contributed by atoms with Gasteiger partial charge in [-0.05, 0) is 30.6 Å². The molecule has 92 valence electrons. The molecule has 1 aliphatic rings.